The highest BCUT2D eigenvalue weighted by atomic mass is 35.5. The summed E-state index contributed by atoms with van der Waals surface area (Å²) in [5.41, 5.74) is 1.33. The molecule has 2 N–H and O–H groups in total. The number of carbonyl (C=O) groups is 2. The van der Waals surface area contributed by atoms with Crippen LogP contribution in [0.4, 0.5) is 5.69 Å². The van der Waals surface area contributed by atoms with E-state index in [1.165, 1.54) is 0 Å². The number of aliphatic hydroxyl groups excluding tert-OH is 1. The molecule has 12 heteroatoms. The number of methoxy groups -OCH3 is 2. The molecule has 1 aliphatic rings. The van der Waals surface area contributed by atoms with Gasteiger partial charge in [-0.15, -0.1) is 0 Å². The van der Waals surface area contributed by atoms with E-state index in [9.17, 15) is 14.7 Å². The summed E-state index contributed by atoms with van der Waals surface area (Å²) < 4.78 is 23.2. The number of aryl methyl sites for hydroxylation is 2. The van der Waals surface area contributed by atoms with Crippen molar-refractivity contribution < 1.29 is 38.5 Å². The number of carboxylic acids is 1. The number of aliphatic carboxylic acids is 1. The molecule has 1 amide bonds. The fourth-order valence-corrected chi connectivity index (χ4v) is 5.09. The Morgan fingerprint density at radius 2 is 1.93 bits per heavy atom. The smallest absolute Gasteiger partial charge is 0.303 e. The minimum atomic E-state index is -0.930. The zero-order valence-corrected chi connectivity index (χ0v) is 24.9. The van der Waals surface area contributed by atoms with E-state index >= 15 is 0 Å². The number of ether oxygens (including phenoxy) is 3. The van der Waals surface area contributed by atoms with E-state index in [2.05, 4.69) is 10.1 Å². The van der Waals surface area contributed by atoms with E-state index < -0.39 is 23.6 Å². The normalized spacial score (nSPS) is 17.1. The first-order valence-electron chi connectivity index (χ1n) is 13.7. The SMILES string of the molecule is COc1cccc([C@H]2O[C@H](CCc3noc(CCCC(=O)O)n3)C(=O)N(CC(C)(C)CO)c3ccc(Cl)cc32)c1OC. The average Bonchev–Trinajstić information content (AvgIpc) is 3.39. The summed E-state index contributed by atoms with van der Waals surface area (Å²) in [6, 6.07) is 10.7. The first-order valence-corrected chi connectivity index (χ1v) is 14.1. The van der Waals surface area contributed by atoms with E-state index in [-0.39, 0.29) is 38.3 Å². The van der Waals surface area contributed by atoms with Crippen LogP contribution in [0.25, 0.3) is 0 Å². The van der Waals surface area contributed by atoms with Gasteiger partial charge in [0.1, 0.15) is 12.2 Å². The molecule has 226 valence electrons. The largest absolute Gasteiger partial charge is 0.493 e. The number of hydrogen-bond acceptors (Lipinski definition) is 9. The molecule has 1 aliphatic heterocycles. The van der Waals surface area contributed by atoms with Gasteiger partial charge in [0.25, 0.3) is 5.91 Å². The Morgan fingerprint density at radius 3 is 2.62 bits per heavy atom. The maximum Gasteiger partial charge on any atom is 0.303 e. The fraction of sp³-hybridized carbons (Fsp3) is 0.467. The second-order valence-corrected chi connectivity index (χ2v) is 11.4. The molecule has 2 heterocycles. The maximum atomic E-state index is 14.2. The van der Waals surface area contributed by atoms with Crippen LogP contribution in [0.5, 0.6) is 11.5 Å². The number of halogens is 1. The van der Waals surface area contributed by atoms with Crippen molar-refractivity contribution in [3.63, 3.8) is 0 Å². The standard InChI is InChI=1S/C30H36ClN3O8/c1-30(2,17-35)16-34-21-12-11-18(31)15-20(21)27(19-7-5-8-22(39-3)28(19)40-4)41-23(29(34)38)13-14-24-32-25(42-33-24)9-6-10-26(36)37/h5,7-8,11-12,15,23,27,35H,6,9-10,13-14,16-17H2,1-4H3,(H,36,37)/t23-,27-/m1/s1. The molecule has 0 aliphatic carbocycles. The van der Waals surface area contributed by atoms with Gasteiger partial charge in [0.2, 0.25) is 5.89 Å². The van der Waals surface area contributed by atoms with Gasteiger partial charge in [-0.3, -0.25) is 9.59 Å². The predicted octanol–water partition coefficient (Wildman–Crippen LogP) is 4.62. The number of benzene rings is 2. The summed E-state index contributed by atoms with van der Waals surface area (Å²) in [7, 11) is 3.09. The van der Waals surface area contributed by atoms with Gasteiger partial charge in [-0.25, -0.2) is 0 Å². The highest BCUT2D eigenvalue weighted by molar-refractivity contribution is 6.30. The van der Waals surface area contributed by atoms with E-state index in [1.807, 2.05) is 26.0 Å². The minimum absolute atomic E-state index is 0.00184. The van der Waals surface area contributed by atoms with Crippen molar-refractivity contribution in [3.8, 4) is 11.5 Å². The molecule has 1 aromatic heterocycles. The number of rotatable bonds is 13. The van der Waals surface area contributed by atoms with Crippen LogP contribution in [-0.2, 0) is 27.2 Å². The Kier molecular flexibility index (Phi) is 10.1. The number of aromatic nitrogens is 2. The second-order valence-electron chi connectivity index (χ2n) is 10.9. The van der Waals surface area contributed by atoms with Crippen LogP contribution in [0.2, 0.25) is 5.02 Å². The summed E-state index contributed by atoms with van der Waals surface area (Å²) >= 11 is 6.48. The predicted molar refractivity (Wildman–Crippen MR) is 154 cm³/mol. The summed E-state index contributed by atoms with van der Waals surface area (Å²) in [4.78, 5) is 31.0. The van der Waals surface area contributed by atoms with Crippen LogP contribution in [-0.4, -0.2) is 65.7 Å². The number of anilines is 1. The first-order chi connectivity index (χ1) is 20.1. The summed E-state index contributed by atoms with van der Waals surface area (Å²) in [6.07, 6.45) is -0.459. The molecule has 2 aromatic carbocycles. The molecule has 0 spiro atoms. The van der Waals surface area contributed by atoms with Gasteiger partial charge in [-0.2, -0.15) is 4.98 Å². The van der Waals surface area contributed by atoms with E-state index in [4.69, 9.17) is 35.4 Å². The van der Waals surface area contributed by atoms with Gasteiger partial charge >= 0.3 is 5.97 Å². The number of hydrogen-bond donors (Lipinski definition) is 2. The third kappa shape index (κ3) is 7.21. The highest BCUT2D eigenvalue weighted by Crippen LogP contribution is 2.45. The third-order valence-electron chi connectivity index (χ3n) is 7.06. The zero-order valence-electron chi connectivity index (χ0n) is 24.1. The Bertz CT molecular complexity index is 1410. The van der Waals surface area contributed by atoms with Crippen LogP contribution in [0, 0.1) is 5.41 Å². The Hall–Kier alpha value is -3.67. The number of carbonyl (C=O) groups excluding carboxylic acids is 1. The quantitative estimate of drug-likeness (QED) is 0.285. The lowest BCUT2D eigenvalue weighted by molar-refractivity contribution is -0.137. The molecule has 0 fully saturated rings. The van der Waals surface area contributed by atoms with Gasteiger partial charge in [-0.05, 0) is 37.1 Å². The van der Waals surface area contributed by atoms with E-state index in [0.29, 0.717) is 57.9 Å². The number of amides is 1. The van der Waals surface area contributed by atoms with Crippen LogP contribution in [0.15, 0.2) is 40.9 Å². The number of fused-ring (bicyclic) bond motifs is 1. The molecular formula is C30H36ClN3O8. The van der Waals surface area contributed by atoms with Crippen molar-refractivity contribution in [1.29, 1.82) is 0 Å². The van der Waals surface area contributed by atoms with Gasteiger partial charge in [-0.1, -0.05) is 42.7 Å². The van der Waals surface area contributed by atoms with Crippen molar-refractivity contribution in [3.05, 3.63) is 64.3 Å². The van der Waals surface area contributed by atoms with Crippen LogP contribution < -0.4 is 14.4 Å². The van der Waals surface area contributed by atoms with Crippen LogP contribution in [0.1, 0.15) is 62.1 Å². The molecule has 42 heavy (non-hydrogen) atoms. The highest BCUT2D eigenvalue weighted by Gasteiger charge is 2.40. The Balaban J connectivity index is 1.72. The zero-order chi connectivity index (χ0) is 30.4. The first kappa shape index (κ1) is 31.3. The summed E-state index contributed by atoms with van der Waals surface area (Å²) in [6.45, 7) is 3.86. The van der Waals surface area contributed by atoms with Crippen molar-refractivity contribution in [2.75, 3.05) is 32.3 Å². The van der Waals surface area contributed by atoms with Crippen molar-refractivity contribution in [1.82, 2.24) is 10.1 Å². The van der Waals surface area contributed by atoms with E-state index in [0.717, 1.165) is 0 Å². The summed E-state index contributed by atoms with van der Waals surface area (Å²) in [5, 5.41) is 23.4. The molecule has 3 aromatic rings. The lowest BCUT2D eigenvalue weighted by Gasteiger charge is -2.32. The molecule has 0 saturated heterocycles. The van der Waals surface area contributed by atoms with Crippen molar-refractivity contribution >= 4 is 29.2 Å². The topological polar surface area (TPSA) is 144 Å². The van der Waals surface area contributed by atoms with Crippen LogP contribution in [0.3, 0.4) is 0 Å². The van der Waals surface area contributed by atoms with Gasteiger partial charge in [0.15, 0.2) is 17.3 Å². The van der Waals surface area contributed by atoms with Gasteiger partial charge < -0.3 is 33.8 Å². The van der Waals surface area contributed by atoms with Gasteiger partial charge in [0.05, 0.1) is 14.2 Å². The Labute approximate surface area is 249 Å². The second kappa shape index (κ2) is 13.5. The average molecular weight is 602 g/mol. The number of carboxylic acid groups (broad SMARTS) is 1. The monoisotopic (exact) mass is 601 g/mol. The summed E-state index contributed by atoms with van der Waals surface area (Å²) in [5.74, 6) is 0.531. The maximum absolute atomic E-state index is 14.2. The number of para-hydroxylation sites is 1. The van der Waals surface area contributed by atoms with Crippen molar-refractivity contribution in [2.24, 2.45) is 5.41 Å². The fourth-order valence-electron chi connectivity index (χ4n) is 4.91. The third-order valence-corrected chi connectivity index (χ3v) is 7.29. The molecule has 0 radical (unpaired) electrons. The van der Waals surface area contributed by atoms with Crippen molar-refractivity contribution in [2.45, 2.75) is 58.2 Å². The van der Waals surface area contributed by atoms with E-state index in [1.54, 1.807) is 43.4 Å². The molecular weight excluding hydrogens is 566 g/mol. The molecule has 0 saturated carbocycles. The Morgan fingerprint density at radius 1 is 1.14 bits per heavy atom. The lowest BCUT2D eigenvalue weighted by atomic mass is 9.92. The minimum Gasteiger partial charge on any atom is -0.493 e. The van der Waals surface area contributed by atoms with Crippen LogP contribution >= 0.6 is 11.6 Å². The molecule has 2 atom stereocenters. The molecule has 0 unspecified atom stereocenters. The molecule has 11 nitrogen and oxygen atoms in total. The van der Waals surface area contributed by atoms with Gasteiger partial charge in [0, 0.05) is 59.7 Å². The number of nitrogens with zero attached hydrogens (tertiary/aromatic N) is 3. The molecule has 0 bridgehead atoms. The molecule has 4 rings (SSSR count). The number of aliphatic hydroxyl groups is 1. The lowest BCUT2D eigenvalue weighted by Crippen LogP contribution is -2.45.